The van der Waals surface area contributed by atoms with Crippen LogP contribution >= 0.6 is 11.6 Å². The summed E-state index contributed by atoms with van der Waals surface area (Å²) in [5.41, 5.74) is 1.81. The molecule has 0 spiro atoms. The zero-order chi connectivity index (χ0) is 27.7. The average Bonchev–Trinajstić information content (AvgIpc) is 3.17. The molecule has 1 heterocycles. The second-order valence-corrected chi connectivity index (χ2v) is 9.01. The number of amides is 1. The van der Waals surface area contributed by atoms with E-state index in [0.29, 0.717) is 22.0 Å². The topological polar surface area (TPSA) is 56.1 Å². The van der Waals surface area contributed by atoms with Gasteiger partial charge in [-0.15, -0.1) is 0 Å². The van der Waals surface area contributed by atoms with Crippen LogP contribution in [0.25, 0.3) is 0 Å². The molecule has 0 aliphatic carbocycles. The zero-order valence-corrected chi connectivity index (χ0v) is 21.2. The number of anilines is 1. The van der Waals surface area contributed by atoms with Crippen LogP contribution < -0.4 is 10.1 Å². The van der Waals surface area contributed by atoms with Crippen molar-refractivity contribution in [3.63, 3.8) is 0 Å². The maximum absolute atomic E-state index is 14.1. The fourth-order valence-electron chi connectivity index (χ4n) is 3.78. The van der Waals surface area contributed by atoms with Gasteiger partial charge in [0.2, 0.25) is 5.82 Å². The minimum Gasteiger partial charge on any atom is -0.489 e. The van der Waals surface area contributed by atoms with Crippen LogP contribution in [-0.2, 0) is 13.2 Å². The second-order valence-electron chi connectivity index (χ2n) is 8.60. The van der Waals surface area contributed by atoms with Crippen molar-refractivity contribution < 1.29 is 31.5 Å². The van der Waals surface area contributed by atoms with Gasteiger partial charge in [-0.25, -0.2) is 22.0 Å². The number of hydrogen-bond acceptors (Lipinski definition) is 3. The molecule has 5 nitrogen and oxygen atoms in total. The molecule has 0 radical (unpaired) electrons. The minimum atomic E-state index is -2.23. The Morgan fingerprint density at radius 1 is 0.921 bits per heavy atom. The lowest BCUT2D eigenvalue weighted by molar-refractivity contribution is 0.102. The first kappa shape index (κ1) is 27.1. The standard InChI is InChI=1S/C27H21ClF5N3O2/c1-13-10-18(8-9-20(13)28)38-12-16-4-6-17(7-5-16)27(37)34-26-14(2)35-36(15(26)3)11-19-21(29)23(31)25(33)24(32)22(19)30/h4-10H,11-12H2,1-3H3,(H,34,37). The lowest BCUT2D eigenvalue weighted by atomic mass is 10.1. The van der Waals surface area contributed by atoms with E-state index in [9.17, 15) is 26.7 Å². The third-order valence-electron chi connectivity index (χ3n) is 5.98. The number of benzene rings is 3. The van der Waals surface area contributed by atoms with Gasteiger partial charge in [0, 0.05) is 10.6 Å². The largest absolute Gasteiger partial charge is 0.489 e. The lowest BCUT2D eigenvalue weighted by Gasteiger charge is -2.11. The van der Waals surface area contributed by atoms with Gasteiger partial charge < -0.3 is 10.1 Å². The quantitative estimate of drug-likeness (QED) is 0.153. The molecule has 0 aliphatic rings. The maximum atomic E-state index is 14.1. The number of halogens is 6. The van der Waals surface area contributed by atoms with Gasteiger partial charge >= 0.3 is 0 Å². The number of carbonyl (C=O) groups is 1. The Bertz CT molecular complexity index is 1510. The van der Waals surface area contributed by atoms with Crippen molar-refractivity contribution >= 4 is 23.2 Å². The van der Waals surface area contributed by atoms with E-state index in [4.69, 9.17) is 16.3 Å². The van der Waals surface area contributed by atoms with E-state index < -0.39 is 47.1 Å². The highest BCUT2D eigenvalue weighted by Crippen LogP contribution is 2.27. The third-order valence-corrected chi connectivity index (χ3v) is 6.40. The van der Waals surface area contributed by atoms with E-state index in [1.165, 1.54) is 13.8 Å². The van der Waals surface area contributed by atoms with Crippen molar-refractivity contribution in [2.45, 2.75) is 33.9 Å². The van der Waals surface area contributed by atoms with Crippen LogP contribution in [0.15, 0.2) is 42.5 Å². The van der Waals surface area contributed by atoms with Gasteiger partial charge in [-0.2, -0.15) is 5.10 Å². The molecule has 0 saturated heterocycles. The van der Waals surface area contributed by atoms with Crippen LogP contribution in [0, 0.1) is 49.9 Å². The molecule has 1 N–H and O–H groups in total. The Balaban J connectivity index is 1.46. The van der Waals surface area contributed by atoms with Crippen LogP contribution in [-0.4, -0.2) is 15.7 Å². The highest BCUT2D eigenvalue weighted by atomic mass is 35.5. The van der Waals surface area contributed by atoms with E-state index >= 15 is 0 Å². The molecule has 3 aromatic carbocycles. The number of carbonyl (C=O) groups excluding carboxylic acids is 1. The molecule has 198 valence electrons. The number of nitrogens with zero attached hydrogens (tertiary/aromatic N) is 2. The summed E-state index contributed by atoms with van der Waals surface area (Å²) in [5.74, 6) is -10.0. The summed E-state index contributed by atoms with van der Waals surface area (Å²) in [6, 6.07) is 12.0. The van der Waals surface area contributed by atoms with Gasteiger partial charge in [0.15, 0.2) is 23.3 Å². The van der Waals surface area contributed by atoms with Gasteiger partial charge in [-0.1, -0.05) is 23.7 Å². The average molecular weight is 550 g/mol. The first-order chi connectivity index (χ1) is 18.0. The van der Waals surface area contributed by atoms with Gasteiger partial charge in [-0.05, 0) is 62.2 Å². The summed E-state index contributed by atoms with van der Waals surface area (Å²) < 4.78 is 75.6. The summed E-state index contributed by atoms with van der Waals surface area (Å²) in [6.45, 7) is 4.45. The fraction of sp³-hybridized carbons (Fsp3) is 0.185. The number of nitrogens with one attached hydrogen (secondary N) is 1. The number of ether oxygens (including phenoxy) is 1. The van der Waals surface area contributed by atoms with Crippen LogP contribution in [0.4, 0.5) is 27.6 Å². The Labute approximate surface area is 219 Å². The molecule has 0 atom stereocenters. The smallest absolute Gasteiger partial charge is 0.255 e. The highest BCUT2D eigenvalue weighted by Gasteiger charge is 2.27. The van der Waals surface area contributed by atoms with Crippen LogP contribution in [0.3, 0.4) is 0 Å². The maximum Gasteiger partial charge on any atom is 0.255 e. The summed E-state index contributed by atoms with van der Waals surface area (Å²) >= 11 is 6.02. The lowest BCUT2D eigenvalue weighted by Crippen LogP contribution is -2.14. The van der Waals surface area contributed by atoms with Gasteiger partial charge in [-0.3, -0.25) is 9.48 Å². The molecular formula is C27H21ClF5N3O2. The van der Waals surface area contributed by atoms with E-state index in [2.05, 4.69) is 10.4 Å². The SMILES string of the molecule is Cc1cc(OCc2ccc(C(=O)Nc3c(C)nn(Cc4c(F)c(F)c(F)c(F)c4F)c3C)cc2)ccc1Cl. The van der Waals surface area contributed by atoms with Crippen molar-refractivity contribution in [3.8, 4) is 5.75 Å². The van der Waals surface area contributed by atoms with E-state index in [-0.39, 0.29) is 18.0 Å². The van der Waals surface area contributed by atoms with Crippen molar-refractivity contribution in [2.24, 2.45) is 0 Å². The summed E-state index contributed by atoms with van der Waals surface area (Å²) in [7, 11) is 0. The first-order valence-electron chi connectivity index (χ1n) is 11.3. The van der Waals surface area contributed by atoms with Gasteiger partial charge in [0.25, 0.3) is 5.91 Å². The Morgan fingerprint density at radius 3 is 2.13 bits per heavy atom. The van der Waals surface area contributed by atoms with E-state index in [1.807, 2.05) is 13.0 Å². The highest BCUT2D eigenvalue weighted by molar-refractivity contribution is 6.31. The minimum absolute atomic E-state index is 0.254. The summed E-state index contributed by atoms with van der Waals surface area (Å²) in [5, 5.41) is 7.43. The van der Waals surface area contributed by atoms with Crippen LogP contribution in [0.5, 0.6) is 5.75 Å². The summed E-state index contributed by atoms with van der Waals surface area (Å²) in [4.78, 5) is 12.8. The van der Waals surface area contributed by atoms with Gasteiger partial charge in [0.05, 0.1) is 29.2 Å². The van der Waals surface area contributed by atoms with Crippen LogP contribution in [0.1, 0.15) is 38.4 Å². The fourth-order valence-corrected chi connectivity index (χ4v) is 3.90. The number of rotatable bonds is 7. The molecule has 4 aromatic rings. The molecule has 38 heavy (non-hydrogen) atoms. The predicted octanol–water partition coefficient (Wildman–Crippen LogP) is 7.04. The molecule has 0 bridgehead atoms. The normalized spacial score (nSPS) is 11.1. The molecule has 0 saturated carbocycles. The summed E-state index contributed by atoms with van der Waals surface area (Å²) in [6.07, 6.45) is 0. The molecule has 0 aliphatic heterocycles. The second kappa shape index (κ2) is 10.8. The first-order valence-corrected chi connectivity index (χ1v) is 11.7. The van der Waals surface area contributed by atoms with Crippen molar-refractivity contribution in [2.75, 3.05) is 5.32 Å². The predicted molar refractivity (Wildman–Crippen MR) is 132 cm³/mol. The zero-order valence-electron chi connectivity index (χ0n) is 20.4. The number of aryl methyl sites for hydroxylation is 2. The Kier molecular flexibility index (Phi) is 7.73. The molecular weight excluding hydrogens is 529 g/mol. The molecule has 1 aromatic heterocycles. The monoisotopic (exact) mass is 549 g/mol. The number of aromatic nitrogens is 2. The number of hydrogen-bond donors (Lipinski definition) is 1. The van der Waals surface area contributed by atoms with E-state index in [0.717, 1.165) is 15.8 Å². The Hall–Kier alpha value is -3.92. The van der Waals surface area contributed by atoms with Crippen molar-refractivity contribution in [1.29, 1.82) is 0 Å². The molecule has 11 heteroatoms. The molecule has 0 unspecified atom stereocenters. The third kappa shape index (κ3) is 5.35. The molecule has 0 fully saturated rings. The van der Waals surface area contributed by atoms with Crippen molar-refractivity contribution in [3.05, 3.63) is 110 Å². The molecule has 1 amide bonds. The Morgan fingerprint density at radius 2 is 1.53 bits per heavy atom. The van der Waals surface area contributed by atoms with E-state index in [1.54, 1.807) is 36.4 Å². The van der Waals surface area contributed by atoms with Crippen LogP contribution in [0.2, 0.25) is 5.02 Å². The molecule has 4 rings (SSSR count). The van der Waals surface area contributed by atoms with Gasteiger partial charge in [0.1, 0.15) is 12.4 Å². The van der Waals surface area contributed by atoms with Crippen molar-refractivity contribution in [1.82, 2.24) is 9.78 Å².